The van der Waals surface area contributed by atoms with Crippen molar-refractivity contribution in [2.45, 2.75) is 38.8 Å². The minimum Gasteiger partial charge on any atom is -0.322 e. The van der Waals surface area contributed by atoms with Crippen LogP contribution in [-0.4, -0.2) is 33.0 Å². The van der Waals surface area contributed by atoms with Gasteiger partial charge in [-0.05, 0) is 49.9 Å². The Morgan fingerprint density at radius 1 is 0.971 bits per heavy atom. The summed E-state index contributed by atoms with van der Waals surface area (Å²) < 4.78 is 1.42. The number of pyridine rings is 1. The summed E-state index contributed by atoms with van der Waals surface area (Å²) in [6.07, 6.45) is 2.53. The number of aryl methyl sites for hydroxylation is 2. The predicted octanol–water partition coefficient (Wildman–Crippen LogP) is 2.79. The maximum absolute atomic E-state index is 13.0. The Labute approximate surface area is 197 Å². The number of nitrogens with one attached hydrogen (secondary N) is 2. The largest absolute Gasteiger partial charge is 0.344 e. The van der Waals surface area contributed by atoms with E-state index < -0.39 is 28.9 Å². The smallest absolute Gasteiger partial charge is 0.322 e. The molecule has 0 saturated carbocycles. The van der Waals surface area contributed by atoms with Gasteiger partial charge in [-0.25, -0.2) is 4.79 Å². The van der Waals surface area contributed by atoms with Crippen molar-refractivity contribution in [3.8, 4) is 0 Å². The summed E-state index contributed by atoms with van der Waals surface area (Å²) in [6, 6.07) is 19.6. The first-order valence-corrected chi connectivity index (χ1v) is 11.0. The first-order chi connectivity index (χ1) is 16.3. The van der Waals surface area contributed by atoms with Gasteiger partial charge >= 0.3 is 6.03 Å². The molecule has 3 aromatic rings. The summed E-state index contributed by atoms with van der Waals surface area (Å²) >= 11 is 0. The number of rotatable bonds is 7. The number of amides is 4. The molecular weight excluding hydrogens is 432 g/mol. The van der Waals surface area contributed by atoms with E-state index in [2.05, 4.69) is 10.7 Å². The van der Waals surface area contributed by atoms with Crippen molar-refractivity contribution in [3.63, 3.8) is 0 Å². The van der Waals surface area contributed by atoms with E-state index >= 15 is 0 Å². The Kier molecular flexibility index (Phi) is 6.32. The number of hydrogen-bond donors (Lipinski definition) is 2. The molecule has 34 heavy (non-hydrogen) atoms. The van der Waals surface area contributed by atoms with Crippen LogP contribution in [0, 0.1) is 6.92 Å². The molecule has 1 unspecified atom stereocenters. The summed E-state index contributed by atoms with van der Waals surface area (Å²) in [4.78, 5) is 51.3. The highest BCUT2D eigenvalue weighted by Crippen LogP contribution is 2.22. The van der Waals surface area contributed by atoms with Crippen LogP contribution in [0.3, 0.4) is 0 Å². The second-order valence-electron chi connectivity index (χ2n) is 8.67. The SMILES string of the molecule is Cc1cccc(Cn2cccc(C(=O)NN3C(=O)NC(C)(CCc4ccccc4)C3=O)c2=O)c1. The predicted molar refractivity (Wildman–Crippen MR) is 127 cm³/mol. The van der Waals surface area contributed by atoms with E-state index in [0.29, 0.717) is 24.4 Å². The molecule has 0 spiro atoms. The minimum atomic E-state index is -1.16. The molecule has 1 aromatic heterocycles. The Balaban J connectivity index is 1.47. The molecule has 2 N–H and O–H groups in total. The van der Waals surface area contributed by atoms with Gasteiger partial charge in [0.1, 0.15) is 11.1 Å². The highest BCUT2D eigenvalue weighted by atomic mass is 16.2. The highest BCUT2D eigenvalue weighted by Gasteiger charge is 2.48. The lowest BCUT2D eigenvalue weighted by Gasteiger charge is -2.21. The standard InChI is InChI=1S/C26H26N4O4/c1-18-8-6-11-20(16-18)17-29-15-7-12-21(23(29)32)22(31)28-30-24(33)26(2,27-25(30)34)14-13-19-9-4-3-5-10-19/h3-12,15-16H,13-14,17H2,1-2H3,(H,27,34)(H,28,31). The zero-order chi connectivity index (χ0) is 24.3. The van der Waals surface area contributed by atoms with Crippen LogP contribution in [0.25, 0.3) is 0 Å². The Morgan fingerprint density at radius 2 is 1.71 bits per heavy atom. The van der Waals surface area contributed by atoms with Crippen LogP contribution in [0.4, 0.5) is 4.79 Å². The number of benzene rings is 2. The van der Waals surface area contributed by atoms with Crippen molar-refractivity contribution >= 4 is 17.8 Å². The number of aromatic nitrogens is 1. The zero-order valence-electron chi connectivity index (χ0n) is 19.1. The third-order valence-electron chi connectivity index (χ3n) is 5.93. The molecule has 2 aromatic carbocycles. The van der Waals surface area contributed by atoms with Crippen molar-refractivity contribution < 1.29 is 14.4 Å². The lowest BCUT2D eigenvalue weighted by atomic mass is 9.93. The van der Waals surface area contributed by atoms with E-state index in [1.54, 1.807) is 19.2 Å². The summed E-state index contributed by atoms with van der Waals surface area (Å²) in [7, 11) is 0. The first-order valence-electron chi connectivity index (χ1n) is 11.0. The lowest BCUT2D eigenvalue weighted by molar-refractivity contribution is -0.132. The van der Waals surface area contributed by atoms with Crippen LogP contribution >= 0.6 is 0 Å². The van der Waals surface area contributed by atoms with Crippen LogP contribution in [0.1, 0.15) is 40.4 Å². The molecule has 0 aliphatic carbocycles. The maximum atomic E-state index is 13.0. The Morgan fingerprint density at radius 3 is 2.44 bits per heavy atom. The Hall–Kier alpha value is -4.20. The normalized spacial score (nSPS) is 17.5. The monoisotopic (exact) mass is 458 g/mol. The van der Waals surface area contributed by atoms with Crippen molar-refractivity contribution in [1.29, 1.82) is 0 Å². The molecular formula is C26H26N4O4. The van der Waals surface area contributed by atoms with Crippen molar-refractivity contribution in [2.75, 3.05) is 0 Å². The van der Waals surface area contributed by atoms with Crippen LogP contribution in [0.5, 0.6) is 0 Å². The molecule has 4 amide bonds. The van der Waals surface area contributed by atoms with Crippen LogP contribution in [0.2, 0.25) is 0 Å². The van der Waals surface area contributed by atoms with Gasteiger partial charge in [-0.2, -0.15) is 5.01 Å². The average Bonchev–Trinajstić information content (AvgIpc) is 3.03. The van der Waals surface area contributed by atoms with Gasteiger partial charge < -0.3 is 9.88 Å². The molecule has 174 valence electrons. The molecule has 1 aliphatic heterocycles. The molecule has 8 nitrogen and oxygen atoms in total. The van der Waals surface area contributed by atoms with Crippen molar-refractivity contribution in [3.05, 3.63) is 106 Å². The van der Waals surface area contributed by atoms with Crippen molar-refractivity contribution in [2.24, 2.45) is 0 Å². The number of carbonyl (C=O) groups excluding carboxylic acids is 3. The fourth-order valence-electron chi connectivity index (χ4n) is 4.00. The van der Waals surface area contributed by atoms with E-state index in [4.69, 9.17) is 0 Å². The highest BCUT2D eigenvalue weighted by molar-refractivity contribution is 6.09. The van der Waals surface area contributed by atoms with Gasteiger partial charge in [0, 0.05) is 6.20 Å². The molecule has 4 rings (SSSR count). The number of nitrogens with zero attached hydrogens (tertiary/aromatic N) is 2. The number of carbonyl (C=O) groups is 3. The third kappa shape index (κ3) is 4.76. The summed E-state index contributed by atoms with van der Waals surface area (Å²) in [5.41, 5.74) is 3.49. The molecule has 1 saturated heterocycles. The maximum Gasteiger partial charge on any atom is 0.344 e. The molecule has 1 fully saturated rings. The second kappa shape index (κ2) is 9.35. The van der Waals surface area contributed by atoms with Gasteiger partial charge in [0.2, 0.25) is 0 Å². The minimum absolute atomic E-state index is 0.159. The van der Waals surface area contributed by atoms with Gasteiger partial charge in [-0.3, -0.25) is 19.8 Å². The van der Waals surface area contributed by atoms with Gasteiger partial charge in [-0.15, -0.1) is 0 Å². The number of hydrazine groups is 1. The van der Waals surface area contributed by atoms with E-state index in [1.807, 2.05) is 61.5 Å². The van der Waals surface area contributed by atoms with Crippen molar-refractivity contribution in [1.82, 2.24) is 20.3 Å². The molecule has 8 heteroatoms. The van der Waals surface area contributed by atoms with E-state index in [0.717, 1.165) is 16.7 Å². The molecule has 0 radical (unpaired) electrons. The molecule has 2 heterocycles. The van der Waals surface area contributed by atoms with E-state index in [-0.39, 0.29) is 5.56 Å². The molecule has 0 bridgehead atoms. The molecule has 1 atom stereocenters. The van der Waals surface area contributed by atoms with Gasteiger partial charge in [0.15, 0.2) is 0 Å². The Bertz CT molecular complexity index is 1300. The second-order valence-corrected chi connectivity index (χ2v) is 8.67. The van der Waals surface area contributed by atoms with E-state index in [1.165, 1.54) is 10.6 Å². The first kappa shape index (κ1) is 23.0. The third-order valence-corrected chi connectivity index (χ3v) is 5.93. The average molecular weight is 459 g/mol. The number of hydrogen-bond acceptors (Lipinski definition) is 4. The van der Waals surface area contributed by atoms with Gasteiger partial charge in [0.25, 0.3) is 17.4 Å². The van der Waals surface area contributed by atoms with Crippen LogP contribution in [-0.2, 0) is 17.8 Å². The number of imide groups is 1. The summed E-state index contributed by atoms with van der Waals surface area (Å²) in [6.45, 7) is 3.88. The van der Waals surface area contributed by atoms with Crippen LogP contribution < -0.4 is 16.3 Å². The summed E-state index contributed by atoms with van der Waals surface area (Å²) in [5, 5.41) is 3.32. The fourth-order valence-corrected chi connectivity index (χ4v) is 4.00. The quantitative estimate of drug-likeness (QED) is 0.532. The molecule has 1 aliphatic rings. The lowest BCUT2D eigenvalue weighted by Crippen LogP contribution is -2.50. The fraction of sp³-hybridized carbons (Fsp3) is 0.231. The van der Waals surface area contributed by atoms with Gasteiger partial charge in [-0.1, -0.05) is 60.2 Å². The van der Waals surface area contributed by atoms with Gasteiger partial charge in [0.05, 0.1) is 6.54 Å². The topological polar surface area (TPSA) is 101 Å². The van der Waals surface area contributed by atoms with Crippen LogP contribution in [0.15, 0.2) is 77.7 Å². The summed E-state index contributed by atoms with van der Waals surface area (Å²) in [5.74, 6) is -1.39. The zero-order valence-corrected chi connectivity index (χ0v) is 19.1. The number of urea groups is 1. The van der Waals surface area contributed by atoms with E-state index in [9.17, 15) is 19.2 Å².